The molecule has 1 aromatic heterocycles. The van der Waals surface area contributed by atoms with Crippen molar-refractivity contribution in [3.8, 4) is 11.5 Å². The minimum absolute atomic E-state index is 0.235. The van der Waals surface area contributed by atoms with Gasteiger partial charge in [0.2, 0.25) is 6.79 Å². The van der Waals surface area contributed by atoms with E-state index in [1.54, 1.807) is 0 Å². The number of nitrogens with zero attached hydrogens (tertiary/aromatic N) is 2. The van der Waals surface area contributed by atoms with Crippen molar-refractivity contribution < 1.29 is 14.2 Å². The van der Waals surface area contributed by atoms with Gasteiger partial charge in [-0.05, 0) is 35.4 Å². The lowest BCUT2D eigenvalue weighted by atomic mass is 9.94. The average Bonchev–Trinajstić information content (AvgIpc) is 3.43. The molecule has 0 radical (unpaired) electrons. The van der Waals surface area contributed by atoms with Crippen LogP contribution in [0, 0.1) is 5.92 Å². The molecule has 2 atom stereocenters. The second kappa shape index (κ2) is 8.54. The van der Waals surface area contributed by atoms with Gasteiger partial charge < -0.3 is 24.4 Å². The Morgan fingerprint density at radius 1 is 1.10 bits per heavy atom. The Balaban J connectivity index is 1.18. The van der Waals surface area contributed by atoms with Crippen molar-refractivity contribution in [3.05, 3.63) is 47.7 Å². The van der Waals surface area contributed by atoms with Gasteiger partial charge in [-0.1, -0.05) is 6.07 Å². The van der Waals surface area contributed by atoms with E-state index in [2.05, 4.69) is 50.3 Å². The standard InChI is InChI=1S/C21H27N5O3/c1-2-18-19(29-14-28-18)10-16(1)21-17(13-24-25-21)12-22-11-15-3-4-23-20(9-15)26-5-7-27-8-6-26/h1-4,9-10,17,21-22,24-25H,5-8,11-14H2. The van der Waals surface area contributed by atoms with Gasteiger partial charge >= 0.3 is 0 Å². The van der Waals surface area contributed by atoms with E-state index in [1.165, 1.54) is 11.1 Å². The Morgan fingerprint density at radius 2 is 2.00 bits per heavy atom. The van der Waals surface area contributed by atoms with Crippen LogP contribution in [0.5, 0.6) is 11.5 Å². The molecule has 3 aliphatic rings. The van der Waals surface area contributed by atoms with Gasteiger partial charge in [0, 0.05) is 44.8 Å². The third kappa shape index (κ3) is 4.16. The highest BCUT2D eigenvalue weighted by molar-refractivity contribution is 5.45. The van der Waals surface area contributed by atoms with Crippen molar-refractivity contribution in [1.82, 2.24) is 21.2 Å². The summed E-state index contributed by atoms with van der Waals surface area (Å²) in [4.78, 5) is 6.81. The molecule has 0 bridgehead atoms. The van der Waals surface area contributed by atoms with E-state index in [0.717, 1.165) is 63.3 Å². The molecule has 4 heterocycles. The third-order valence-corrected chi connectivity index (χ3v) is 5.73. The molecule has 8 nitrogen and oxygen atoms in total. The minimum atomic E-state index is 0.235. The normalized spacial score (nSPS) is 23.5. The number of hydrogen-bond donors (Lipinski definition) is 3. The van der Waals surface area contributed by atoms with Crippen molar-refractivity contribution in [2.24, 2.45) is 5.92 Å². The number of morpholine rings is 1. The van der Waals surface area contributed by atoms with Crippen LogP contribution in [-0.2, 0) is 11.3 Å². The van der Waals surface area contributed by atoms with E-state index in [4.69, 9.17) is 14.2 Å². The fourth-order valence-corrected chi connectivity index (χ4v) is 4.13. The summed E-state index contributed by atoms with van der Waals surface area (Å²) >= 11 is 0. The second-order valence-electron chi connectivity index (χ2n) is 7.63. The highest BCUT2D eigenvalue weighted by atomic mass is 16.7. The fraction of sp³-hybridized carbons (Fsp3) is 0.476. The first-order chi connectivity index (χ1) is 14.4. The molecule has 2 aromatic rings. The predicted molar refractivity (Wildman–Crippen MR) is 109 cm³/mol. The quantitative estimate of drug-likeness (QED) is 0.671. The maximum atomic E-state index is 5.53. The molecule has 0 aliphatic carbocycles. The van der Waals surface area contributed by atoms with Crippen LogP contribution in [0.4, 0.5) is 5.82 Å². The zero-order valence-corrected chi connectivity index (χ0v) is 16.4. The molecule has 0 saturated carbocycles. The van der Waals surface area contributed by atoms with E-state index < -0.39 is 0 Å². The van der Waals surface area contributed by atoms with Crippen LogP contribution in [0.15, 0.2) is 36.5 Å². The summed E-state index contributed by atoms with van der Waals surface area (Å²) < 4.78 is 16.4. The summed E-state index contributed by atoms with van der Waals surface area (Å²) in [6.07, 6.45) is 1.90. The number of ether oxygens (including phenoxy) is 3. The maximum Gasteiger partial charge on any atom is 0.231 e. The second-order valence-corrected chi connectivity index (χ2v) is 7.63. The van der Waals surface area contributed by atoms with Gasteiger partial charge in [0.1, 0.15) is 5.82 Å². The molecule has 3 aliphatic heterocycles. The topological polar surface area (TPSA) is 79.9 Å². The number of fused-ring (bicyclic) bond motifs is 1. The molecule has 0 spiro atoms. The van der Waals surface area contributed by atoms with Crippen LogP contribution in [0.2, 0.25) is 0 Å². The zero-order chi connectivity index (χ0) is 19.5. The van der Waals surface area contributed by atoms with Crippen LogP contribution >= 0.6 is 0 Å². The number of benzene rings is 1. The number of hydrazine groups is 1. The van der Waals surface area contributed by atoms with Gasteiger partial charge in [-0.15, -0.1) is 0 Å². The lowest BCUT2D eigenvalue weighted by molar-refractivity contribution is 0.122. The molecular weight excluding hydrogens is 370 g/mol. The molecule has 29 heavy (non-hydrogen) atoms. The lowest BCUT2D eigenvalue weighted by Crippen LogP contribution is -2.36. The number of rotatable bonds is 6. The predicted octanol–water partition coefficient (Wildman–Crippen LogP) is 1.20. The fourth-order valence-electron chi connectivity index (χ4n) is 4.13. The van der Waals surface area contributed by atoms with E-state index in [-0.39, 0.29) is 6.04 Å². The number of pyridine rings is 1. The summed E-state index contributed by atoms with van der Waals surface area (Å²) in [5.74, 6) is 3.13. The number of anilines is 1. The highest BCUT2D eigenvalue weighted by Gasteiger charge is 2.29. The van der Waals surface area contributed by atoms with Crippen molar-refractivity contribution in [2.45, 2.75) is 12.6 Å². The maximum absolute atomic E-state index is 5.53. The first kappa shape index (κ1) is 18.6. The Hall–Kier alpha value is -2.39. The smallest absolute Gasteiger partial charge is 0.231 e. The largest absolute Gasteiger partial charge is 0.454 e. The van der Waals surface area contributed by atoms with E-state index >= 15 is 0 Å². The Kier molecular flexibility index (Phi) is 5.49. The van der Waals surface area contributed by atoms with Gasteiger partial charge in [-0.25, -0.2) is 10.4 Å². The van der Waals surface area contributed by atoms with Crippen LogP contribution < -0.4 is 30.5 Å². The Labute approximate surface area is 170 Å². The van der Waals surface area contributed by atoms with Crippen molar-refractivity contribution in [1.29, 1.82) is 0 Å². The zero-order valence-electron chi connectivity index (χ0n) is 16.4. The Bertz CT molecular complexity index is 843. The van der Waals surface area contributed by atoms with Gasteiger partial charge in [0.25, 0.3) is 0 Å². The summed E-state index contributed by atoms with van der Waals surface area (Å²) in [5, 5.41) is 3.62. The summed E-state index contributed by atoms with van der Waals surface area (Å²) in [6, 6.07) is 10.7. The van der Waals surface area contributed by atoms with Crippen LogP contribution in [0.25, 0.3) is 0 Å². The van der Waals surface area contributed by atoms with Gasteiger partial charge in [-0.2, -0.15) is 0 Å². The molecule has 8 heteroatoms. The molecule has 5 rings (SSSR count). The molecule has 3 N–H and O–H groups in total. The van der Waals surface area contributed by atoms with Gasteiger partial charge in [0.15, 0.2) is 11.5 Å². The van der Waals surface area contributed by atoms with E-state index in [9.17, 15) is 0 Å². The molecule has 0 amide bonds. The van der Waals surface area contributed by atoms with E-state index in [1.807, 2.05) is 12.3 Å². The first-order valence-electron chi connectivity index (χ1n) is 10.2. The van der Waals surface area contributed by atoms with Crippen LogP contribution in [-0.4, -0.2) is 51.2 Å². The summed E-state index contributed by atoms with van der Waals surface area (Å²) in [5.41, 5.74) is 9.16. The molecule has 2 unspecified atom stereocenters. The molecular formula is C21H27N5O3. The Morgan fingerprint density at radius 3 is 2.93 bits per heavy atom. The van der Waals surface area contributed by atoms with Crippen LogP contribution in [0.1, 0.15) is 17.2 Å². The SMILES string of the molecule is c1cc(CNCC2CNNC2c2ccc3c(c2)OCO3)cc(N2CCOCC2)n1. The molecule has 154 valence electrons. The van der Waals surface area contributed by atoms with Gasteiger partial charge in [0.05, 0.1) is 19.3 Å². The number of hydrogen-bond acceptors (Lipinski definition) is 8. The number of aromatic nitrogens is 1. The first-order valence-corrected chi connectivity index (χ1v) is 10.2. The number of nitrogens with one attached hydrogen (secondary N) is 3. The average molecular weight is 397 g/mol. The lowest BCUT2D eigenvalue weighted by Gasteiger charge is -2.28. The van der Waals surface area contributed by atoms with Crippen molar-refractivity contribution in [2.75, 3.05) is 51.1 Å². The van der Waals surface area contributed by atoms with E-state index in [0.29, 0.717) is 12.7 Å². The van der Waals surface area contributed by atoms with Gasteiger partial charge in [-0.3, -0.25) is 5.43 Å². The summed E-state index contributed by atoms with van der Waals surface area (Å²) in [6.45, 7) is 6.31. The van der Waals surface area contributed by atoms with Crippen LogP contribution in [0.3, 0.4) is 0 Å². The third-order valence-electron chi connectivity index (χ3n) is 5.73. The molecule has 1 aromatic carbocycles. The minimum Gasteiger partial charge on any atom is -0.454 e. The van der Waals surface area contributed by atoms with Crippen molar-refractivity contribution in [3.63, 3.8) is 0 Å². The highest BCUT2D eigenvalue weighted by Crippen LogP contribution is 2.36. The monoisotopic (exact) mass is 397 g/mol. The summed E-state index contributed by atoms with van der Waals surface area (Å²) in [7, 11) is 0. The van der Waals surface area contributed by atoms with Crippen molar-refractivity contribution >= 4 is 5.82 Å². The molecule has 2 saturated heterocycles. The molecule has 2 fully saturated rings.